The van der Waals surface area contributed by atoms with Gasteiger partial charge in [-0.25, -0.2) is 0 Å². The third kappa shape index (κ3) is 4.17. The van der Waals surface area contributed by atoms with Crippen molar-refractivity contribution in [3.63, 3.8) is 0 Å². The van der Waals surface area contributed by atoms with Crippen molar-refractivity contribution in [1.82, 2.24) is 10.2 Å². The number of piperazine rings is 1. The van der Waals surface area contributed by atoms with E-state index in [9.17, 15) is 5.11 Å². The van der Waals surface area contributed by atoms with E-state index in [1.165, 1.54) is 0 Å². The normalized spacial score (nSPS) is 18.3. The Morgan fingerprint density at radius 1 is 1.08 bits per heavy atom. The fourth-order valence-electron chi connectivity index (χ4n) is 3.16. The number of benzene rings is 2. The molecule has 1 unspecified atom stereocenters. The predicted molar refractivity (Wildman–Crippen MR) is 100 cm³/mol. The molecule has 1 aliphatic rings. The van der Waals surface area contributed by atoms with Crippen LogP contribution in [0.4, 0.5) is 0 Å². The van der Waals surface area contributed by atoms with Crippen LogP contribution < -0.4 is 5.32 Å². The molecule has 1 atom stereocenters. The van der Waals surface area contributed by atoms with Gasteiger partial charge in [0, 0.05) is 43.3 Å². The number of hydrogen-bond donors (Lipinski definition) is 2. The maximum absolute atomic E-state index is 10.9. The molecular weight excluding hydrogens is 320 g/mol. The molecule has 0 bridgehead atoms. The maximum Gasteiger partial charge on any atom is 0.0880 e. The van der Waals surface area contributed by atoms with Crippen LogP contribution in [0.15, 0.2) is 48.5 Å². The minimum absolute atomic E-state index is 0.735. The Bertz CT molecular complexity index is 664. The van der Waals surface area contributed by atoms with Gasteiger partial charge in [0.1, 0.15) is 0 Å². The number of rotatable bonds is 5. The van der Waals surface area contributed by atoms with E-state index < -0.39 is 5.60 Å². The lowest BCUT2D eigenvalue weighted by Crippen LogP contribution is -2.45. The molecule has 128 valence electrons. The molecule has 0 radical (unpaired) electrons. The van der Waals surface area contributed by atoms with Crippen molar-refractivity contribution in [2.75, 3.05) is 32.7 Å². The Hall–Kier alpha value is -1.39. The predicted octanol–water partition coefficient (Wildman–Crippen LogP) is 3.51. The second-order valence-corrected chi connectivity index (χ2v) is 7.08. The summed E-state index contributed by atoms with van der Waals surface area (Å²) in [6.07, 6.45) is 0.735. The second kappa shape index (κ2) is 7.66. The highest BCUT2D eigenvalue weighted by atomic mass is 35.5. The van der Waals surface area contributed by atoms with Crippen molar-refractivity contribution in [1.29, 1.82) is 0 Å². The molecule has 0 spiro atoms. The highest BCUT2D eigenvalue weighted by Gasteiger charge is 2.24. The van der Waals surface area contributed by atoms with Crippen molar-refractivity contribution in [3.05, 3.63) is 59.1 Å². The van der Waals surface area contributed by atoms with Crippen LogP contribution in [0, 0.1) is 0 Å². The summed E-state index contributed by atoms with van der Waals surface area (Å²) in [6.45, 7) is 7.01. The molecule has 24 heavy (non-hydrogen) atoms. The Morgan fingerprint density at radius 3 is 2.42 bits per heavy atom. The van der Waals surface area contributed by atoms with E-state index in [4.69, 9.17) is 11.6 Å². The lowest BCUT2D eigenvalue weighted by molar-refractivity contribution is 0.0345. The summed E-state index contributed by atoms with van der Waals surface area (Å²) in [5.41, 5.74) is 2.23. The van der Waals surface area contributed by atoms with Gasteiger partial charge in [0.2, 0.25) is 0 Å². The molecule has 2 aromatic rings. The zero-order valence-corrected chi connectivity index (χ0v) is 14.9. The van der Waals surface area contributed by atoms with Crippen LogP contribution in [0.2, 0.25) is 5.02 Å². The van der Waals surface area contributed by atoms with Gasteiger partial charge < -0.3 is 15.3 Å². The molecule has 2 N–H and O–H groups in total. The van der Waals surface area contributed by atoms with Crippen LogP contribution in [-0.2, 0) is 5.60 Å². The third-order valence-electron chi connectivity index (χ3n) is 4.82. The van der Waals surface area contributed by atoms with Gasteiger partial charge in [0.25, 0.3) is 0 Å². The molecule has 3 nitrogen and oxygen atoms in total. The van der Waals surface area contributed by atoms with Crippen LogP contribution in [-0.4, -0.2) is 42.7 Å². The van der Waals surface area contributed by atoms with Crippen LogP contribution >= 0.6 is 11.6 Å². The zero-order valence-electron chi connectivity index (χ0n) is 14.1. The van der Waals surface area contributed by atoms with E-state index in [2.05, 4.69) is 10.2 Å². The van der Waals surface area contributed by atoms with Gasteiger partial charge in [0.05, 0.1) is 5.60 Å². The molecule has 0 aromatic heterocycles. The molecule has 1 aliphatic heterocycles. The first-order valence-electron chi connectivity index (χ1n) is 8.57. The second-order valence-electron chi connectivity index (χ2n) is 6.67. The molecule has 3 rings (SSSR count). The van der Waals surface area contributed by atoms with E-state index in [-0.39, 0.29) is 0 Å². The van der Waals surface area contributed by atoms with Crippen LogP contribution in [0.25, 0.3) is 11.1 Å². The van der Waals surface area contributed by atoms with E-state index >= 15 is 0 Å². The lowest BCUT2D eigenvalue weighted by atomic mass is 9.90. The van der Waals surface area contributed by atoms with Gasteiger partial charge in [-0.2, -0.15) is 0 Å². The van der Waals surface area contributed by atoms with Crippen LogP contribution in [0.5, 0.6) is 0 Å². The SMILES string of the molecule is CC(O)(CCN1CCNCC1)c1ccc(-c2ccccc2Cl)cc1. The van der Waals surface area contributed by atoms with Gasteiger partial charge in [-0.1, -0.05) is 54.1 Å². The standard InChI is InChI=1S/C20H25ClN2O/c1-20(24,10-13-23-14-11-22-12-15-23)17-8-6-16(7-9-17)18-4-2-3-5-19(18)21/h2-9,22,24H,10-15H2,1H3. The topological polar surface area (TPSA) is 35.5 Å². The first kappa shape index (κ1) is 17.4. The zero-order chi connectivity index (χ0) is 17.0. The van der Waals surface area contributed by atoms with Crippen molar-refractivity contribution in [2.45, 2.75) is 18.9 Å². The summed E-state index contributed by atoms with van der Waals surface area (Å²) in [5, 5.41) is 15.0. The number of nitrogens with one attached hydrogen (secondary N) is 1. The first-order valence-corrected chi connectivity index (χ1v) is 8.95. The summed E-state index contributed by atoms with van der Waals surface area (Å²) in [4.78, 5) is 2.41. The minimum Gasteiger partial charge on any atom is -0.385 e. The minimum atomic E-state index is -0.816. The van der Waals surface area contributed by atoms with Crippen LogP contribution in [0.3, 0.4) is 0 Å². The first-order chi connectivity index (χ1) is 11.6. The van der Waals surface area contributed by atoms with Gasteiger partial charge in [-0.05, 0) is 30.5 Å². The smallest absolute Gasteiger partial charge is 0.0880 e. The lowest BCUT2D eigenvalue weighted by Gasteiger charge is -2.31. The highest BCUT2D eigenvalue weighted by molar-refractivity contribution is 6.33. The summed E-state index contributed by atoms with van der Waals surface area (Å²) in [5.74, 6) is 0. The third-order valence-corrected chi connectivity index (χ3v) is 5.15. The quantitative estimate of drug-likeness (QED) is 0.871. The number of hydrogen-bond acceptors (Lipinski definition) is 3. The van der Waals surface area contributed by atoms with E-state index in [0.29, 0.717) is 0 Å². The molecule has 0 amide bonds. The molecule has 2 aromatic carbocycles. The summed E-state index contributed by atoms with van der Waals surface area (Å²) in [6, 6.07) is 15.9. The molecular formula is C20H25ClN2O. The Balaban J connectivity index is 1.68. The fraction of sp³-hybridized carbons (Fsp3) is 0.400. The number of halogens is 1. The molecule has 1 saturated heterocycles. The Kier molecular flexibility index (Phi) is 5.57. The van der Waals surface area contributed by atoms with Gasteiger partial charge in [-0.15, -0.1) is 0 Å². The van der Waals surface area contributed by atoms with E-state index in [1.54, 1.807) is 0 Å². The maximum atomic E-state index is 10.9. The highest BCUT2D eigenvalue weighted by Crippen LogP contribution is 2.31. The van der Waals surface area contributed by atoms with Crippen molar-refractivity contribution in [3.8, 4) is 11.1 Å². The summed E-state index contributed by atoms with van der Waals surface area (Å²) < 4.78 is 0. The van der Waals surface area contributed by atoms with E-state index in [0.717, 1.165) is 60.9 Å². The van der Waals surface area contributed by atoms with Crippen molar-refractivity contribution >= 4 is 11.6 Å². The van der Waals surface area contributed by atoms with Gasteiger partial charge >= 0.3 is 0 Å². The average molecular weight is 345 g/mol. The van der Waals surface area contributed by atoms with Gasteiger partial charge in [0.15, 0.2) is 0 Å². The van der Waals surface area contributed by atoms with E-state index in [1.807, 2.05) is 55.5 Å². The van der Waals surface area contributed by atoms with Crippen LogP contribution in [0.1, 0.15) is 18.9 Å². The molecule has 0 saturated carbocycles. The Morgan fingerprint density at radius 2 is 1.75 bits per heavy atom. The largest absolute Gasteiger partial charge is 0.385 e. The fourth-order valence-corrected chi connectivity index (χ4v) is 3.40. The van der Waals surface area contributed by atoms with Gasteiger partial charge in [-0.3, -0.25) is 0 Å². The van der Waals surface area contributed by atoms with Crippen molar-refractivity contribution in [2.24, 2.45) is 0 Å². The van der Waals surface area contributed by atoms with Crippen molar-refractivity contribution < 1.29 is 5.11 Å². The molecule has 0 aliphatic carbocycles. The summed E-state index contributed by atoms with van der Waals surface area (Å²) in [7, 11) is 0. The molecule has 1 heterocycles. The molecule has 4 heteroatoms. The molecule has 1 fully saturated rings. The number of nitrogens with zero attached hydrogens (tertiary/aromatic N) is 1. The summed E-state index contributed by atoms with van der Waals surface area (Å²) >= 11 is 6.26. The average Bonchev–Trinajstić information content (AvgIpc) is 2.62. The number of aliphatic hydroxyl groups is 1. The Labute approximate surface area is 149 Å². The monoisotopic (exact) mass is 344 g/mol.